The first-order valence-electron chi connectivity index (χ1n) is 8.59. The molecule has 0 spiro atoms. The van der Waals surface area contributed by atoms with E-state index in [9.17, 15) is 8.42 Å². The van der Waals surface area contributed by atoms with Crippen molar-refractivity contribution >= 4 is 15.7 Å². The van der Waals surface area contributed by atoms with Crippen molar-refractivity contribution in [2.24, 2.45) is 0 Å². The summed E-state index contributed by atoms with van der Waals surface area (Å²) in [7, 11) is -3.68. The summed E-state index contributed by atoms with van der Waals surface area (Å²) in [6, 6.07) is 22.6. The van der Waals surface area contributed by atoms with Crippen LogP contribution in [-0.2, 0) is 16.6 Å². The molecule has 0 bridgehead atoms. The van der Waals surface area contributed by atoms with Gasteiger partial charge in [-0.15, -0.1) is 0 Å². The van der Waals surface area contributed by atoms with Crippen LogP contribution in [0.5, 0.6) is 0 Å². The molecule has 134 valence electrons. The summed E-state index contributed by atoms with van der Waals surface area (Å²) < 4.78 is 28.5. The third kappa shape index (κ3) is 3.65. The molecule has 0 aliphatic rings. The molecule has 0 radical (unpaired) electrons. The lowest BCUT2D eigenvalue weighted by atomic mass is 10.1. The molecule has 0 saturated heterocycles. The smallest absolute Gasteiger partial charge is 0.261 e. The van der Waals surface area contributed by atoms with E-state index in [1.54, 1.807) is 12.1 Å². The van der Waals surface area contributed by atoms with E-state index < -0.39 is 10.0 Å². The van der Waals surface area contributed by atoms with Gasteiger partial charge in [-0.05, 0) is 49.6 Å². The van der Waals surface area contributed by atoms with Gasteiger partial charge in [-0.1, -0.05) is 66.2 Å². The molecule has 0 aliphatic carbocycles. The predicted molar refractivity (Wildman–Crippen MR) is 107 cm³/mol. The first-order chi connectivity index (χ1) is 12.4. The maximum Gasteiger partial charge on any atom is 0.264 e. The normalized spacial score (nSPS) is 11.3. The second kappa shape index (κ2) is 7.34. The van der Waals surface area contributed by atoms with Gasteiger partial charge in [-0.25, -0.2) is 8.42 Å². The van der Waals surface area contributed by atoms with Crippen molar-refractivity contribution in [3.63, 3.8) is 0 Å². The van der Waals surface area contributed by atoms with Crippen LogP contribution < -0.4 is 4.31 Å². The summed E-state index contributed by atoms with van der Waals surface area (Å²) in [5, 5.41) is 0. The van der Waals surface area contributed by atoms with Crippen LogP contribution in [0.25, 0.3) is 0 Å². The summed E-state index contributed by atoms with van der Waals surface area (Å²) >= 11 is 0. The zero-order valence-electron chi connectivity index (χ0n) is 15.3. The van der Waals surface area contributed by atoms with E-state index in [1.165, 1.54) is 4.31 Å². The quantitative estimate of drug-likeness (QED) is 0.637. The standard InChI is InChI=1S/C22H23NO2S/c1-17-12-14-21(15-13-17)26(24,25)23(16-20-10-5-4-6-11-20)22-18(2)8-7-9-19(22)3/h4-15H,16H2,1-3H3. The number of benzene rings is 3. The van der Waals surface area contributed by atoms with Crippen molar-refractivity contribution in [1.29, 1.82) is 0 Å². The number of sulfonamides is 1. The lowest BCUT2D eigenvalue weighted by Gasteiger charge is -2.28. The number of hydrogen-bond acceptors (Lipinski definition) is 2. The second-order valence-corrected chi connectivity index (χ2v) is 8.41. The maximum absolute atomic E-state index is 13.5. The SMILES string of the molecule is Cc1ccc(S(=O)(=O)N(Cc2ccccc2)c2c(C)cccc2C)cc1. The van der Waals surface area contributed by atoms with Gasteiger partial charge >= 0.3 is 0 Å². The van der Waals surface area contributed by atoms with Crippen LogP contribution in [0.4, 0.5) is 5.69 Å². The van der Waals surface area contributed by atoms with Gasteiger partial charge in [0.25, 0.3) is 10.0 Å². The molecule has 3 aromatic rings. The van der Waals surface area contributed by atoms with Gasteiger partial charge in [0, 0.05) is 0 Å². The topological polar surface area (TPSA) is 37.4 Å². The zero-order chi connectivity index (χ0) is 18.7. The van der Waals surface area contributed by atoms with Gasteiger partial charge in [-0.2, -0.15) is 0 Å². The first-order valence-corrected chi connectivity index (χ1v) is 10.0. The Hall–Kier alpha value is -2.59. The summed E-state index contributed by atoms with van der Waals surface area (Å²) in [5.74, 6) is 0. The number of para-hydroxylation sites is 1. The minimum absolute atomic E-state index is 0.294. The monoisotopic (exact) mass is 365 g/mol. The van der Waals surface area contributed by atoms with Crippen LogP contribution in [-0.4, -0.2) is 8.42 Å². The number of hydrogen-bond donors (Lipinski definition) is 0. The van der Waals surface area contributed by atoms with Crippen LogP contribution in [0.15, 0.2) is 77.7 Å². The largest absolute Gasteiger partial charge is 0.264 e. The van der Waals surface area contributed by atoms with E-state index in [0.29, 0.717) is 11.4 Å². The summed E-state index contributed by atoms with van der Waals surface area (Å²) in [4.78, 5) is 0.307. The van der Waals surface area contributed by atoms with Gasteiger partial charge in [-0.3, -0.25) is 4.31 Å². The molecule has 0 N–H and O–H groups in total. The number of rotatable bonds is 5. The van der Waals surface area contributed by atoms with Crippen LogP contribution >= 0.6 is 0 Å². The molecular weight excluding hydrogens is 342 g/mol. The third-order valence-corrected chi connectivity index (χ3v) is 6.23. The average molecular weight is 365 g/mol. The van der Waals surface area contributed by atoms with Crippen molar-refractivity contribution in [2.75, 3.05) is 4.31 Å². The van der Waals surface area contributed by atoms with Crippen molar-refractivity contribution < 1.29 is 8.42 Å². The minimum atomic E-state index is -3.68. The molecule has 0 aromatic heterocycles. The van der Waals surface area contributed by atoms with E-state index in [1.807, 2.05) is 81.4 Å². The lowest BCUT2D eigenvalue weighted by Crippen LogP contribution is -2.31. The Balaban J connectivity index is 2.15. The van der Waals surface area contributed by atoms with Crippen LogP contribution in [0.2, 0.25) is 0 Å². The molecule has 3 nitrogen and oxygen atoms in total. The second-order valence-electron chi connectivity index (χ2n) is 6.55. The Kier molecular flexibility index (Phi) is 5.14. The lowest BCUT2D eigenvalue weighted by molar-refractivity contribution is 0.590. The van der Waals surface area contributed by atoms with Crippen LogP contribution in [0.3, 0.4) is 0 Å². The molecule has 0 unspecified atom stereocenters. The molecule has 0 aliphatic heterocycles. The Morgan fingerprint density at radius 1 is 0.731 bits per heavy atom. The highest BCUT2D eigenvalue weighted by atomic mass is 32.2. The van der Waals surface area contributed by atoms with E-state index in [2.05, 4.69) is 0 Å². The van der Waals surface area contributed by atoms with Gasteiger partial charge < -0.3 is 0 Å². The van der Waals surface area contributed by atoms with Crippen LogP contribution in [0.1, 0.15) is 22.3 Å². The van der Waals surface area contributed by atoms with Gasteiger partial charge in [0.2, 0.25) is 0 Å². The average Bonchev–Trinajstić information content (AvgIpc) is 2.62. The highest BCUT2D eigenvalue weighted by molar-refractivity contribution is 7.92. The number of nitrogens with zero attached hydrogens (tertiary/aromatic N) is 1. The first kappa shape index (κ1) is 18.2. The fourth-order valence-electron chi connectivity index (χ4n) is 3.07. The molecule has 4 heteroatoms. The summed E-state index contributed by atoms with van der Waals surface area (Å²) in [5.41, 5.74) is 4.61. The van der Waals surface area contributed by atoms with Crippen molar-refractivity contribution in [3.05, 3.63) is 95.1 Å². The molecule has 0 saturated carbocycles. The third-order valence-electron chi connectivity index (χ3n) is 4.47. The van der Waals surface area contributed by atoms with Crippen molar-refractivity contribution in [2.45, 2.75) is 32.2 Å². The molecule has 0 amide bonds. The van der Waals surface area contributed by atoms with E-state index in [4.69, 9.17) is 0 Å². The Morgan fingerprint density at radius 3 is 1.88 bits per heavy atom. The highest BCUT2D eigenvalue weighted by Crippen LogP contribution is 2.31. The van der Waals surface area contributed by atoms with E-state index in [0.717, 1.165) is 27.9 Å². The zero-order valence-corrected chi connectivity index (χ0v) is 16.1. The molecular formula is C22H23NO2S. The summed E-state index contributed by atoms with van der Waals surface area (Å²) in [6.45, 7) is 6.14. The molecule has 0 atom stereocenters. The number of aryl methyl sites for hydroxylation is 3. The minimum Gasteiger partial charge on any atom is -0.261 e. The van der Waals surface area contributed by atoms with E-state index >= 15 is 0 Å². The van der Waals surface area contributed by atoms with Crippen molar-refractivity contribution in [3.8, 4) is 0 Å². The number of anilines is 1. The predicted octanol–water partition coefficient (Wildman–Crippen LogP) is 5.01. The Labute approximate surface area is 156 Å². The summed E-state index contributed by atoms with van der Waals surface area (Å²) in [6.07, 6.45) is 0. The van der Waals surface area contributed by atoms with Gasteiger partial charge in [0.05, 0.1) is 17.1 Å². The molecule has 26 heavy (non-hydrogen) atoms. The van der Waals surface area contributed by atoms with Crippen LogP contribution in [0, 0.1) is 20.8 Å². The fourth-order valence-corrected chi connectivity index (χ4v) is 4.65. The van der Waals surface area contributed by atoms with Gasteiger partial charge in [0.1, 0.15) is 0 Å². The molecule has 3 rings (SSSR count). The molecule has 3 aromatic carbocycles. The Morgan fingerprint density at radius 2 is 1.31 bits per heavy atom. The molecule has 0 fully saturated rings. The Bertz CT molecular complexity index is 974. The van der Waals surface area contributed by atoms with Crippen molar-refractivity contribution in [1.82, 2.24) is 0 Å². The highest BCUT2D eigenvalue weighted by Gasteiger charge is 2.27. The van der Waals surface area contributed by atoms with Gasteiger partial charge in [0.15, 0.2) is 0 Å². The maximum atomic E-state index is 13.5. The fraction of sp³-hybridized carbons (Fsp3) is 0.182. The van der Waals surface area contributed by atoms with E-state index in [-0.39, 0.29) is 0 Å². The molecule has 0 heterocycles.